The molecule has 1 atom stereocenters. The van der Waals surface area contributed by atoms with E-state index < -0.39 is 6.10 Å². The van der Waals surface area contributed by atoms with Crippen molar-refractivity contribution in [3.8, 4) is 0 Å². The molecule has 0 saturated carbocycles. The molecule has 0 spiro atoms. The number of hydrogen-bond donors (Lipinski definition) is 3. The summed E-state index contributed by atoms with van der Waals surface area (Å²) in [7, 11) is 0. The van der Waals surface area contributed by atoms with Crippen LogP contribution in [0.2, 0.25) is 0 Å². The summed E-state index contributed by atoms with van der Waals surface area (Å²) in [4.78, 5) is 15.2. The number of halogens is 2. The van der Waals surface area contributed by atoms with Gasteiger partial charge in [-0.05, 0) is 50.4 Å². The predicted octanol–water partition coefficient (Wildman–Crippen LogP) is 3.58. The van der Waals surface area contributed by atoms with Gasteiger partial charge >= 0.3 is 0 Å². The van der Waals surface area contributed by atoms with Crippen LogP contribution in [0.4, 0.5) is 0 Å². The Morgan fingerprint density at radius 3 is 2.80 bits per heavy atom. The Kier molecular flexibility index (Phi) is 5.23. The molecule has 108 valence electrons. The summed E-state index contributed by atoms with van der Waals surface area (Å²) in [5.74, 6) is -0.180. The summed E-state index contributed by atoms with van der Waals surface area (Å²) in [5, 5.41) is 13.3. The van der Waals surface area contributed by atoms with E-state index in [4.69, 9.17) is 0 Å². The van der Waals surface area contributed by atoms with Crippen LogP contribution in [0.3, 0.4) is 0 Å². The number of H-pyrrole nitrogens is 1. The number of aliphatic hydroxyl groups is 1. The second-order valence-electron chi connectivity index (χ2n) is 4.67. The number of aromatic amines is 1. The normalized spacial score (nSPS) is 12.6. The predicted molar refractivity (Wildman–Crippen MR) is 86.9 cm³/mol. The summed E-state index contributed by atoms with van der Waals surface area (Å²) in [6.07, 6.45) is 2.78. The first kappa shape index (κ1) is 15.5. The van der Waals surface area contributed by atoms with Crippen molar-refractivity contribution in [3.05, 3.63) is 32.8 Å². The molecule has 0 radical (unpaired) electrons. The first-order chi connectivity index (χ1) is 9.52. The van der Waals surface area contributed by atoms with Gasteiger partial charge in [0.15, 0.2) is 0 Å². The molecule has 0 bridgehead atoms. The summed E-state index contributed by atoms with van der Waals surface area (Å²) in [5.41, 5.74) is 1.47. The Hall–Kier alpha value is -0.850. The van der Waals surface area contributed by atoms with Crippen LogP contribution in [0.1, 0.15) is 30.1 Å². The molecule has 1 amide bonds. The van der Waals surface area contributed by atoms with Gasteiger partial charge in [0.25, 0.3) is 5.91 Å². The van der Waals surface area contributed by atoms with Crippen molar-refractivity contribution in [1.29, 1.82) is 0 Å². The van der Waals surface area contributed by atoms with Crippen LogP contribution in [0.5, 0.6) is 0 Å². The minimum absolute atomic E-state index is 0.180. The third kappa shape index (κ3) is 3.42. The quantitative estimate of drug-likeness (QED) is 0.714. The molecular weight excluding hydrogens is 388 g/mol. The van der Waals surface area contributed by atoms with Gasteiger partial charge in [-0.15, -0.1) is 0 Å². The number of hydrogen-bond acceptors (Lipinski definition) is 2. The van der Waals surface area contributed by atoms with E-state index in [0.717, 1.165) is 26.3 Å². The summed E-state index contributed by atoms with van der Waals surface area (Å²) >= 11 is 6.86. The average Bonchev–Trinajstić information content (AvgIpc) is 2.80. The van der Waals surface area contributed by atoms with Gasteiger partial charge in [0, 0.05) is 32.6 Å². The second kappa shape index (κ2) is 6.74. The van der Waals surface area contributed by atoms with Gasteiger partial charge in [0.2, 0.25) is 0 Å². The van der Waals surface area contributed by atoms with Gasteiger partial charge in [-0.2, -0.15) is 0 Å². The molecule has 2 rings (SSSR count). The molecule has 0 aliphatic heterocycles. The van der Waals surface area contributed by atoms with E-state index in [0.29, 0.717) is 12.0 Å². The maximum atomic E-state index is 12.2. The zero-order chi connectivity index (χ0) is 14.7. The number of carbonyl (C=O) groups is 1. The van der Waals surface area contributed by atoms with E-state index in [2.05, 4.69) is 42.2 Å². The van der Waals surface area contributed by atoms with Gasteiger partial charge < -0.3 is 15.4 Å². The van der Waals surface area contributed by atoms with E-state index in [1.54, 1.807) is 6.20 Å². The van der Waals surface area contributed by atoms with Crippen LogP contribution in [-0.4, -0.2) is 28.6 Å². The van der Waals surface area contributed by atoms with Gasteiger partial charge in [-0.1, -0.05) is 13.3 Å². The first-order valence-corrected chi connectivity index (χ1v) is 8.04. The van der Waals surface area contributed by atoms with Crippen LogP contribution < -0.4 is 5.32 Å². The molecule has 3 N–H and O–H groups in total. The molecule has 6 heteroatoms. The largest absolute Gasteiger partial charge is 0.391 e. The Bertz CT molecular complexity index is 625. The average molecular weight is 404 g/mol. The SMILES string of the molecule is CCCC(O)CNC(=O)c1c[nH]c2cc(Br)c(Br)cc12. The number of amides is 1. The maximum Gasteiger partial charge on any atom is 0.253 e. The van der Waals surface area contributed by atoms with E-state index in [1.165, 1.54) is 0 Å². The van der Waals surface area contributed by atoms with Gasteiger partial charge in [0.1, 0.15) is 0 Å². The smallest absolute Gasteiger partial charge is 0.253 e. The molecule has 0 saturated heterocycles. The van der Waals surface area contributed by atoms with Crippen molar-refractivity contribution in [3.63, 3.8) is 0 Å². The third-order valence-corrected chi connectivity index (χ3v) is 4.93. The molecule has 0 aliphatic carbocycles. The zero-order valence-electron chi connectivity index (χ0n) is 11.0. The van der Waals surface area contributed by atoms with E-state index in [9.17, 15) is 9.90 Å². The molecule has 1 unspecified atom stereocenters. The minimum atomic E-state index is -0.491. The van der Waals surface area contributed by atoms with Crippen molar-refractivity contribution >= 4 is 48.7 Å². The lowest BCUT2D eigenvalue weighted by Crippen LogP contribution is -2.31. The summed E-state index contributed by atoms with van der Waals surface area (Å²) < 4.78 is 1.82. The molecule has 20 heavy (non-hydrogen) atoms. The second-order valence-corrected chi connectivity index (χ2v) is 6.38. The van der Waals surface area contributed by atoms with E-state index in [-0.39, 0.29) is 12.5 Å². The van der Waals surface area contributed by atoms with Crippen LogP contribution in [-0.2, 0) is 0 Å². The van der Waals surface area contributed by atoms with Gasteiger partial charge in [-0.25, -0.2) is 0 Å². The zero-order valence-corrected chi connectivity index (χ0v) is 14.2. The lowest BCUT2D eigenvalue weighted by Gasteiger charge is -2.10. The Labute approximate surface area is 134 Å². The van der Waals surface area contributed by atoms with Crippen molar-refractivity contribution in [2.75, 3.05) is 6.54 Å². The Balaban J connectivity index is 2.16. The molecule has 1 heterocycles. The highest BCUT2D eigenvalue weighted by Gasteiger charge is 2.14. The number of aromatic nitrogens is 1. The van der Waals surface area contributed by atoms with Crippen LogP contribution in [0.25, 0.3) is 10.9 Å². The van der Waals surface area contributed by atoms with Crippen molar-refractivity contribution in [1.82, 2.24) is 10.3 Å². The fourth-order valence-corrected chi connectivity index (χ4v) is 2.73. The minimum Gasteiger partial charge on any atom is -0.391 e. The van der Waals surface area contributed by atoms with E-state index >= 15 is 0 Å². The first-order valence-electron chi connectivity index (χ1n) is 6.45. The van der Waals surface area contributed by atoms with Crippen molar-refractivity contribution < 1.29 is 9.90 Å². The third-order valence-electron chi connectivity index (χ3n) is 3.09. The number of carbonyl (C=O) groups excluding carboxylic acids is 1. The monoisotopic (exact) mass is 402 g/mol. The lowest BCUT2D eigenvalue weighted by atomic mass is 10.1. The maximum absolute atomic E-state index is 12.2. The molecule has 4 nitrogen and oxygen atoms in total. The number of aliphatic hydroxyl groups excluding tert-OH is 1. The molecule has 2 aromatic rings. The van der Waals surface area contributed by atoms with E-state index in [1.807, 2.05) is 19.1 Å². The summed E-state index contributed by atoms with van der Waals surface area (Å²) in [6, 6.07) is 3.81. The highest BCUT2D eigenvalue weighted by atomic mass is 79.9. The molecule has 1 aromatic heterocycles. The molecule has 0 fully saturated rings. The molecular formula is C14H16Br2N2O2. The molecule has 1 aromatic carbocycles. The number of rotatable bonds is 5. The standard InChI is InChI=1S/C14H16Br2N2O2/c1-2-3-8(19)6-18-14(20)10-7-17-13-5-12(16)11(15)4-9(10)13/h4-5,7-8,17,19H,2-3,6H2,1H3,(H,18,20). The van der Waals surface area contributed by atoms with Crippen LogP contribution >= 0.6 is 31.9 Å². The van der Waals surface area contributed by atoms with Gasteiger partial charge in [-0.3, -0.25) is 4.79 Å². The van der Waals surface area contributed by atoms with Gasteiger partial charge in [0.05, 0.1) is 11.7 Å². The highest BCUT2D eigenvalue weighted by Crippen LogP contribution is 2.29. The topological polar surface area (TPSA) is 65.1 Å². The fraction of sp³-hybridized carbons (Fsp3) is 0.357. The van der Waals surface area contributed by atoms with Crippen LogP contribution in [0.15, 0.2) is 27.3 Å². The Morgan fingerprint density at radius 2 is 2.10 bits per heavy atom. The molecule has 0 aliphatic rings. The number of benzene rings is 1. The van der Waals surface area contributed by atoms with Crippen molar-refractivity contribution in [2.45, 2.75) is 25.9 Å². The number of fused-ring (bicyclic) bond motifs is 1. The van der Waals surface area contributed by atoms with Crippen molar-refractivity contribution in [2.24, 2.45) is 0 Å². The Morgan fingerprint density at radius 1 is 1.40 bits per heavy atom. The highest BCUT2D eigenvalue weighted by molar-refractivity contribution is 9.13. The van der Waals surface area contributed by atoms with Crippen LogP contribution in [0, 0.1) is 0 Å². The number of nitrogens with one attached hydrogen (secondary N) is 2. The fourth-order valence-electron chi connectivity index (χ4n) is 2.05. The lowest BCUT2D eigenvalue weighted by molar-refractivity contribution is 0.0912. The summed E-state index contributed by atoms with van der Waals surface area (Å²) in [6.45, 7) is 2.27.